The fourth-order valence-corrected chi connectivity index (χ4v) is 1.75. The van der Waals surface area contributed by atoms with Crippen LogP contribution >= 0.6 is 0 Å². The number of rotatable bonds is 4. The minimum atomic E-state index is -4.35. The summed E-state index contributed by atoms with van der Waals surface area (Å²) >= 11 is 0. The lowest BCUT2D eigenvalue weighted by atomic mass is 10.1. The molecule has 2 rings (SSSR count). The third-order valence-corrected chi connectivity index (χ3v) is 2.75. The van der Waals surface area contributed by atoms with E-state index in [4.69, 9.17) is 4.74 Å². The van der Waals surface area contributed by atoms with Gasteiger partial charge in [-0.25, -0.2) is 4.98 Å². The summed E-state index contributed by atoms with van der Waals surface area (Å²) in [6.07, 6.45) is -2.84. The number of ether oxygens (including phenoxy) is 1. The summed E-state index contributed by atoms with van der Waals surface area (Å²) in [5, 5.41) is 2.91. The molecule has 0 atom stereocenters. The number of nitrogens with one attached hydrogen (secondary N) is 1. The molecule has 0 radical (unpaired) electrons. The van der Waals surface area contributed by atoms with Gasteiger partial charge in [0, 0.05) is 12.6 Å². The van der Waals surface area contributed by atoms with Gasteiger partial charge in [-0.3, -0.25) is 0 Å². The average Bonchev–Trinajstić information content (AvgIpc) is 2.45. The Balaban J connectivity index is 2.10. The predicted octanol–water partition coefficient (Wildman–Crippen LogP) is 3.72. The largest absolute Gasteiger partial charge is 0.481 e. The molecule has 0 bridgehead atoms. The van der Waals surface area contributed by atoms with E-state index in [1.165, 1.54) is 25.4 Å². The van der Waals surface area contributed by atoms with E-state index in [2.05, 4.69) is 10.3 Å². The molecular formula is C14H13F3N2O. The molecule has 20 heavy (non-hydrogen) atoms. The second-order valence-corrected chi connectivity index (χ2v) is 4.10. The average molecular weight is 282 g/mol. The Hall–Kier alpha value is -2.24. The lowest BCUT2D eigenvalue weighted by molar-refractivity contribution is -0.138. The van der Waals surface area contributed by atoms with Crippen LogP contribution in [-0.2, 0) is 12.7 Å². The minimum Gasteiger partial charge on any atom is -0.481 e. The van der Waals surface area contributed by atoms with Crippen molar-refractivity contribution in [3.05, 3.63) is 53.7 Å². The van der Waals surface area contributed by atoms with Crippen LogP contribution in [0.3, 0.4) is 0 Å². The Kier molecular flexibility index (Phi) is 4.12. The third-order valence-electron chi connectivity index (χ3n) is 2.75. The Labute approximate surface area is 114 Å². The summed E-state index contributed by atoms with van der Waals surface area (Å²) in [4.78, 5) is 3.97. The zero-order chi connectivity index (χ0) is 14.6. The number of hydrogen-bond donors (Lipinski definition) is 1. The molecule has 106 valence electrons. The Morgan fingerprint density at radius 2 is 1.90 bits per heavy atom. The monoisotopic (exact) mass is 282 g/mol. The molecule has 0 saturated carbocycles. The van der Waals surface area contributed by atoms with Crippen LogP contribution in [-0.4, -0.2) is 12.1 Å². The summed E-state index contributed by atoms with van der Waals surface area (Å²) in [5.41, 5.74) is 0.188. The number of halogens is 3. The number of aromatic nitrogens is 1. The first-order chi connectivity index (χ1) is 9.50. The first-order valence-electron chi connectivity index (χ1n) is 5.89. The zero-order valence-corrected chi connectivity index (χ0v) is 10.7. The standard InChI is InChI=1S/C14H13F3N2O/c1-20-13-7-6-11(9-19-13)18-8-10-4-2-3-5-12(10)14(15,16)17/h2-7,9,18H,8H2,1H3. The van der Waals surface area contributed by atoms with Gasteiger partial charge in [0.2, 0.25) is 5.88 Å². The van der Waals surface area contributed by atoms with E-state index in [1.54, 1.807) is 18.2 Å². The highest BCUT2D eigenvalue weighted by molar-refractivity contribution is 5.43. The number of anilines is 1. The van der Waals surface area contributed by atoms with Crippen LogP contribution in [0.5, 0.6) is 5.88 Å². The molecule has 0 saturated heterocycles. The van der Waals surface area contributed by atoms with E-state index in [-0.39, 0.29) is 12.1 Å². The first kappa shape index (κ1) is 14.2. The van der Waals surface area contributed by atoms with E-state index < -0.39 is 11.7 Å². The normalized spacial score (nSPS) is 11.2. The fraction of sp³-hybridized carbons (Fsp3) is 0.214. The molecule has 0 amide bonds. The maximum Gasteiger partial charge on any atom is 0.416 e. The van der Waals surface area contributed by atoms with Crippen LogP contribution in [0.2, 0.25) is 0 Å². The second kappa shape index (κ2) is 5.81. The number of pyridine rings is 1. The van der Waals surface area contributed by atoms with Crippen molar-refractivity contribution in [1.29, 1.82) is 0 Å². The van der Waals surface area contributed by atoms with Gasteiger partial charge in [-0.1, -0.05) is 18.2 Å². The van der Waals surface area contributed by atoms with Gasteiger partial charge in [0.05, 0.1) is 24.6 Å². The van der Waals surface area contributed by atoms with Gasteiger partial charge in [-0.15, -0.1) is 0 Å². The maximum absolute atomic E-state index is 12.8. The molecule has 0 aliphatic rings. The third kappa shape index (κ3) is 3.40. The molecule has 1 heterocycles. The van der Waals surface area contributed by atoms with E-state index in [1.807, 2.05) is 0 Å². The van der Waals surface area contributed by atoms with Crippen LogP contribution in [0, 0.1) is 0 Å². The molecule has 6 heteroatoms. The van der Waals surface area contributed by atoms with Crippen molar-refractivity contribution in [2.45, 2.75) is 12.7 Å². The van der Waals surface area contributed by atoms with Crippen LogP contribution in [0.15, 0.2) is 42.6 Å². The molecule has 0 aliphatic heterocycles. The number of alkyl halides is 3. The molecule has 3 nitrogen and oxygen atoms in total. The van der Waals surface area contributed by atoms with E-state index in [9.17, 15) is 13.2 Å². The zero-order valence-electron chi connectivity index (χ0n) is 10.7. The SMILES string of the molecule is COc1ccc(NCc2ccccc2C(F)(F)F)cn1. The summed E-state index contributed by atoms with van der Waals surface area (Å²) in [5.74, 6) is 0.450. The van der Waals surface area contributed by atoms with Gasteiger partial charge in [-0.2, -0.15) is 13.2 Å². The summed E-state index contributed by atoms with van der Waals surface area (Å²) < 4.78 is 43.4. The maximum atomic E-state index is 12.8. The lowest BCUT2D eigenvalue weighted by Crippen LogP contribution is -2.11. The van der Waals surface area contributed by atoms with Crippen molar-refractivity contribution >= 4 is 5.69 Å². The predicted molar refractivity (Wildman–Crippen MR) is 69.6 cm³/mol. The van der Waals surface area contributed by atoms with Crippen LogP contribution in [0.25, 0.3) is 0 Å². The van der Waals surface area contributed by atoms with E-state index in [0.717, 1.165) is 6.07 Å². The van der Waals surface area contributed by atoms with Crippen molar-refractivity contribution in [2.75, 3.05) is 12.4 Å². The number of methoxy groups -OCH3 is 1. The smallest absolute Gasteiger partial charge is 0.416 e. The van der Waals surface area contributed by atoms with Gasteiger partial charge < -0.3 is 10.1 Å². The minimum absolute atomic E-state index is 0.0731. The van der Waals surface area contributed by atoms with Gasteiger partial charge in [0.1, 0.15) is 0 Å². The Bertz CT molecular complexity index is 567. The number of hydrogen-bond acceptors (Lipinski definition) is 3. The molecule has 1 aromatic carbocycles. The van der Waals surface area contributed by atoms with Crippen LogP contribution in [0.1, 0.15) is 11.1 Å². The highest BCUT2D eigenvalue weighted by Crippen LogP contribution is 2.32. The lowest BCUT2D eigenvalue weighted by Gasteiger charge is -2.13. The van der Waals surface area contributed by atoms with Crippen LogP contribution in [0.4, 0.5) is 18.9 Å². The molecule has 0 fully saturated rings. The highest BCUT2D eigenvalue weighted by Gasteiger charge is 2.32. The summed E-state index contributed by atoms with van der Waals surface area (Å²) in [7, 11) is 1.50. The quantitative estimate of drug-likeness (QED) is 0.928. The van der Waals surface area contributed by atoms with E-state index in [0.29, 0.717) is 11.6 Å². The van der Waals surface area contributed by atoms with Crippen molar-refractivity contribution in [3.63, 3.8) is 0 Å². The number of nitrogens with zero attached hydrogens (tertiary/aromatic N) is 1. The van der Waals surface area contributed by atoms with Gasteiger partial charge >= 0.3 is 6.18 Å². The summed E-state index contributed by atoms with van der Waals surface area (Å²) in [6.45, 7) is 0.0731. The highest BCUT2D eigenvalue weighted by atomic mass is 19.4. The van der Waals surface area contributed by atoms with E-state index >= 15 is 0 Å². The topological polar surface area (TPSA) is 34.1 Å². The Morgan fingerprint density at radius 3 is 2.50 bits per heavy atom. The van der Waals surface area contributed by atoms with Crippen LogP contribution < -0.4 is 10.1 Å². The second-order valence-electron chi connectivity index (χ2n) is 4.10. The fourth-order valence-electron chi connectivity index (χ4n) is 1.75. The van der Waals surface area contributed by atoms with Crippen molar-refractivity contribution in [1.82, 2.24) is 4.98 Å². The molecule has 1 N–H and O–H groups in total. The van der Waals surface area contributed by atoms with Crippen molar-refractivity contribution in [2.24, 2.45) is 0 Å². The molecule has 2 aromatic rings. The first-order valence-corrected chi connectivity index (χ1v) is 5.89. The molecular weight excluding hydrogens is 269 g/mol. The van der Waals surface area contributed by atoms with Crippen molar-refractivity contribution < 1.29 is 17.9 Å². The van der Waals surface area contributed by atoms with Gasteiger partial charge in [-0.05, 0) is 17.7 Å². The molecule has 0 aliphatic carbocycles. The molecule has 0 unspecified atom stereocenters. The summed E-state index contributed by atoms with van der Waals surface area (Å²) in [6, 6.07) is 8.82. The van der Waals surface area contributed by atoms with Gasteiger partial charge in [0.15, 0.2) is 0 Å². The molecule has 1 aromatic heterocycles. The number of benzene rings is 1. The Morgan fingerprint density at radius 1 is 1.15 bits per heavy atom. The van der Waals surface area contributed by atoms with Gasteiger partial charge in [0.25, 0.3) is 0 Å². The van der Waals surface area contributed by atoms with Crippen molar-refractivity contribution in [3.8, 4) is 5.88 Å². The molecule has 0 spiro atoms.